The van der Waals surface area contributed by atoms with Crippen molar-refractivity contribution in [2.45, 2.75) is 12.8 Å². The largest absolute Gasteiger partial charge is 0.493 e. The summed E-state index contributed by atoms with van der Waals surface area (Å²) in [6.45, 7) is 0.682. The van der Waals surface area contributed by atoms with Crippen LogP contribution in [0.3, 0.4) is 0 Å². The molecule has 0 spiro atoms. The standard InChI is InChI=1S/C17H21N3O2/c1-20(2)16-10-18-9-14(19-16)8-12-7-13-5-4-6-15(21-3)17(13)22-11-12/h4-6,9-10,12H,7-8,11H2,1-3H3. The van der Waals surface area contributed by atoms with E-state index in [-0.39, 0.29) is 0 Å². The Morgan fingerprint density at radius 3 is 2.95 bits per heavy atom. The van der Waals surface area contributed by atoms with Crippen LogP contribution < -0.4 is 14.4 Å². The van der Waals surface area contributed by atoms with E-state index in [0.29, 0.717) is 12.5 Å². The maximum Gasteiger partial charge on any atom is 0.164 e. The van der Waals surface area contributed by atoms with Crippen LogP contribution in [0.5, 0.6) is 11.5 Å². The lowest BCUT2D eigenvalue weighted by atomic mass is 9.92. The number of ether oxygens (including phenoxy) is 2. The number of nitrogens with zero attached hydrogens (tertiary/aromatic N) is 3. The van der Waals surface area contributed by atoms with E-state index in [4.69, 9.17) is 9.47 Å². The SMILES string of the molecule is COc1cccc2c1OCC(Cc1cncc(N(C)C)n1)C2. The number of rotatable bonds is 4. The molecule has 2 heterocycles. The number of hydrogen-bond acceptors (Lipinski definition) is 5. The van der Waals surface area contributed by atoms with Crippen LogP contribution >= 0.6 is 0 Å². The lowest BCUT2D eigenvalue weighted by molar-refractivity contribution is 0.210. The molecule has 2 aromatic rings. The number of aromatic nitrogens is 2. The van der Waals surface area contributed by atoms with Crippen molar-refractivity contribution in [3.63, 3.8) is 0 Å². The van der Waals surface area contributed by atoms with Gasteiger partial charge in [-0.25, -0.2) is 4.98 Å². The Morgan fingerprint density at radius 1 is 1.32 bits per heavy atom. The zero-order valence-corrected chi connectivity index (χ0v) is 13.2. The van der Waals surface area contributed by atoms with Crippen molar-refractivity contribution < 1.29 is 9.47 Å². The van der Waals surface area contributed by atoms with Gasteiger partial charge < -0.3 is 14.4 Å². The van der Waals surface area contributed by atoms with Crippen LogP contribution in [0.1, 0.15) is 11.3 Å². The van der Waals surface area contributed by atoms with Gasteiger partial charge >= 0.3 is 0 Å². The van der Waals surface area contributed by atoms with E-state index in [1.807, 2.05) is 37.3 Å². The summed E-state index contributed by atoms with van der Waals surface area (Å²) in [5, 5.41) is 0. The minimum Gasteiger partial charge on any atom is -0.493 e. The predicted octanol–water partition coefficient (Wildman–Crippen LogP) is 2.35. The zero-order valence-electron chi connectivity index (χ0n) is 13.2. The maximum atomic E-state index is 5.92. The molecule has 0 N–H and O–H groups in total. The molecule has 1 aliphatic rings. The Hall–Kier alpha value is -2.30. The average Bonchev–Trinajstić information content (AvgIpc) is 2.54. The molecule has 1 atom stereocenters. The molecule has 116 valence electrons. The van der Waals surface area contributed by atoms with E-state index in [2.05, 4.69) is 16.0 Å². The van der Waals surface area contributed by atoms with Gasteiger partial charge in [-0.3, -0.25) is 4.98 Å². The molecular weight excluding hydrogens is 278 g/mol. The normalized spacial score (nSPS) is 16.6. The van der Waals surface area contributed by atoms with E-state index < -0.39 is 0 Å². The number of anilines is 1. The minimum atomic E-state index is 0.409. The van der Waals surface area contributed by atoms with Crippen molar-refractivity contribution in [1.82, 2.24) is 9.97 Å². The van der Waals surface area contributed by atoms with E-state index >= 15 is 0 Å². The number of fused-ring (bicyclic) bond motifs is 1. The van der Waals surface area contributed by atoms with Crippen molar-refractivity contribution in [2.24, 2.45) is 5.92 Å². The second-order valence-corrected chi connectivity index (χ2v) is 5.80. The minimum absolute atomic E-state index is 0.409. The molecular formula is C17H21N3O2. The van der Waals surface area contributed by atoms with E-state index in [0.717, 1.165) is 35.9 Å². The summed E-state index contributed by atoms with van der Waals surface area (Å²) in [5.41, 5.74) is 2.21. The highest BCUT2D eigenvalue weighted by molar-refractivity contribution is 5.47. The Labute approximate surface area is 130 Å². The fourth-order valence-corrected chi connectivity index (χ4v) is 2.75. The first-order valence-corrected chi connectivity index (χ1v) is 7.44. The van der Waals surface area contributed by atoms with E-state index in [1.165, 1.54) is 5.56 Å². The Bertz CT molecular complexity index is 658. The second kappa shape index (κ2) is 6.22. The summed E-state index contributed by atoms with van der Waals surface area (Å²) in [7, 11) is 5.62. The monoisotopic (exact) mass is 299 g/mol. The van der Waals surface area contributed by atoms with Gasteiger partial charge in [0.15, 0.2) is 11.5 Å². The van der Waals surface area contributed by atoms with Crippen LogP contribution in [0, 0.1) is 5.92 Å². The van der Waals surface area contributed by atoms with Crippen molar-refractivity contribution in [3.05, 3.63) is 41.9 Å². The Morgan fingerprint density at radius 2 is 2.18 bits per heavy atom. The van der Waals surface area contributed by atoms with Crippen LogP contribution in [0.4, 0.5) is 5.82 Å². The molecule has 1 aliphatic heterocycles. The van der Waals surface area contributed by atoms with E-state index in [9.17, 15) is 0 Å². The van der Waals surface area contributed by atoms with Crippen LogP contribution in [-0.2, 0) is 12.8 Å². The third-order valence-electron chi connectivity index (χ3n) is 3.88. The molecule has 0 saturated carbocycles. The van der Waals surface area contributed by atoms with Gasteiger partial charge in [-0.1, -0.05) is 12.1 Å². The van der Waals surface area contributed by atoms with Gasteiger partial charge in [0.2, 0.25) is 0 Å². The van der Waals surface area contributed by atoms with Crippen molar-refractivity contribution in [1.29, 1.82) is 0 Å². The molecule has 0 bridgehead atoms. The fourth-order valence-electron chi connectivity index (χ4n) is 2.75. The molecule has 0 amide bonds. The molecule has 0 fully saturated rings. The third-order valence-corrected chi connectivity index (χ3v) is 3.88. The Balaban J connectivity index is 1.74. The highest BCUT2D eigenvalue weighted by Crippen LogP contribution is 2.36. The number of para-hydroxylation sites is 1. The first-order valence-electron chi connectivity index (χ1n) is 7.44. The van der Waals surface area contributed by atoms with Gasteiger partial charge in [0.25, 0.3) is 0 Å². The molecule has 0 radical (unpaired) electrons. The smallest absolute Gasteiger partial charge is 0.164 e. The molecule has 5 nitrogen and oxygen atoms in total. The average molecular weight is 299 g/mol. The first kappa shape index (κ1) is 14.6. The topological polar surface area (TPSA) is 47.5 Å². The summed E-state index contributed by atoms with van der Waals surface area (Å²) in [5.74, 6) is 2.99. The summed E-state index contributed by atoms with van der Waals surface area (Å²) < 4.78 is 11.3. The lowest BCUT2D eigenvalue weighted by Gasteiger charge is -2.26. The molecule has 22 heavy (non-hydrogen) atoms. The second-order valence-electron chi connectivity index (χ2n) is 5.80. The van der Waals surface area contributed by atoms with Gasteiger partial charge in [0.05, 0.1) is 25.6 Å². The highest BCUT2D eigenvalue weighted by Gasteiger charge is 2.23. The summed E-state index contributed by atoms with van der Waals surface area (Å²) in [6.07, 6.45) is 5.46. The fraction of sp³-hybridized carbons (Fsp3) is 0.412. The summed E-state index contributed by atoms with van der Waals surface area (Å²) >= 11 is 0. The molecule has 1 aromatic carbocycles. The van der Waals surface area contributed by atoms with Gasteiger partial charge in [-0.2, -0.15) is 0 Å². The molecule has 5 heteroatoms. The molecule has 1 aromatic heterocycles. The van der Waals surface area contributed by atoms with Crippen LogP contribution in [0.15, 0.2) is 30.6 Å². The van der Waals surface area contributed by atoms with Crippen molar-refractivity contribution in [2.75, 3.05) is 32.7 Å². The quantitative estimate of drug-likeness (QED) is 0.867. The maximum absolute atomic E-state index is 5.92. The predicted molar refractivity (Wildman–Crippen MR) is 85.7 cm³/mol. The number of benzene rings is 1. The molecule has 1 unspecified atom stereocenters. The molecule has 3 rings (SSSR count). The van der Waals surface area contributed by atoms with Crippen LogP contribution in [-0.4, -0.2) is 37.8 Å². The zero-order chi connectivity index (χ0) is 15.5. The first-order chi connectivity index (χ1) is 10.7. The highest BCUT2D eigenvalue weighted by atomic mass is 16.5. The third kappa shape index (κ3) is 2.98. The summed E-state index contributed by atoms with van der Waals surface area (Å²) in [6, 6.07) is 6.05. The van der Waals surface area contributed by atoms with Gasteiger partial charge in [-0.15, -0.1) is 0 Å². The van der Waals surface area contributed by atoms with Gasteiger partial charge in [0, 0.05) is 26.2 Å². The van der Waals surface area contributed by atoms with Crippen molar-refractivity contribution >= 4 is 5.82 Å². The lowest BCUT2D eigenvalue weighted by Crippen LogP contribution is -2.24. The van der Waals surface area contributed by atoms with Crippen LogP contribution in [0.2, 0.25) is 0 Å². The number of methoxy groups -OCH3 is 1. The van der Waals surface area contributed by atoms with E-state index in [1.54, 1.807) is 13.3 Å². The van der Waals surface area contributed by atoms with Crippen molar-refractivity contribution in [3.8, 4) is 11.5 Å². The van der Waals surface area contributed by atoms with Gasteiger partial charge in [0.1, 0.15) is 5.82 Å². The summed E-state index contributed by atoms with van der Waals surface area (Å²) in [4.78, 5) is 10.9. The molecule has 0 saturated heterocycles. The number of hydrogen-bond donors (Lipinski definition) is 0. The van der Waals surface area contributed by atoms with Crippen LogP contribution in [0.25, 0.3) is 0 Å². The van der Waals surface area contributed by atoms with Gasteiger partial charge in [-0.05, 0) is 24.5 Å². The Kier molecular flexibility index (Phi) is 4.13. The molecule has 0 aliphatic carbocycles.